The summed E-state index contributed by atoms with van der Waals surface area (Å²) in [6, 6.07) is 13.2. The average Bonchev–Trinajstić information content (AvgIpc) is 1.38. The van der Waals surface area contributed by atoms with Crippen LogP contribution in [0.15, 0.2) is 24.3 Å². The molecule has 3 atom stereocenters. The Balaban J connectivity index is 0.379. The summed E-state index contributed by atoms with van der Waals surface area (Å²) < 4.78 is 109. The predicted octanol–water partition coefficient (Wildman–Crippen LogP) is 29.2. The predicted molar refractivity (Wildman–Crippen MR) is 560 cm³/mol. The fourth-order valence-electron chi connectivity index (χ4n) is 36.3. The first-order valence-corrected chi connectivity index (χ1v) is 67.4. The van der Waals surface area contributed by atoms with Gasteiger partial charge in [0.2, 0.25) is 0 Å². The molecule has 2 spiro atoms. The Kier molecular flexibility index (Phi) is 12.1. The highest BCUT2D eigenvalue weighted by molar-refractivity contribution is 7.04. The minimum absolute atomic E-state index is 0.0470. The lowest BCUT2D eigenvalue weighted by Gasteiger charge is -2.64. The second-order valence-corrected chi connectivity index (χ2v) is 73.1. The number of carbonyl (C=O) groups excluding carboxylic acids is 1. The molecular formula is C111H99NO15Si8. The van der Waals surface area contributed by atoms with E-state index in [9.17, 15) is 4.79 Å². The number of carbonyl (C=O) groups is 1. The summed E-state index contributed by atoms with van der Waals surface area (Å²) in [5.41, 5.74) is 7.62. The molecule has 11 aliphatic rings. The van der Waals surface area contributed by atoms with E-state index in [1.807, 2.05) is 0 Å². The molecule has 3 unspecified atom stereocenters. The molecule has 0 N–H and O–H groups in total. The summed E-state index contributed by atoms with van der Waals surface area (Å²) in [7, 11) is -30.1. The van der Waals surface area contributed by atoms with Gasteiger partial charge in [0.1, 0.15) is 5.75 Å². The van der Waals surface area contributed by atoms with Gasteiger partial charge in [-0.3, -0.25) is 9.69 Å². The monoisotopic (exact) mass is 1910 g/mol. The van der Waals surface area contributed by atoms with Crippen LogP contribution in [0, 0.1) is 41.4 Å². The molecule has 29 aromatic carbocycles. The Bertz CT molecular complexity index is 9760. The molecule has 0 amide bonds. The Morgan fingerprint density at radius 1 is 0.281 bits per heavy atom. The smallest absolute Gasteiger partial charge is 0.479 e. The minimum Gasteiger partial charge on any atom is -0.494 e. The number of nitrogens with zero attached hydrogens (tertiary/aromatic N) is 1. The van der Waals surface area contributed by atoms with Crippen molar-refractivity contribution in [3.05, 3.63) is 52.1 Å². The van der Waals surface area contributed by atoms with Crippen molar-refractivity contribution in [3.63, 3.8) is 0 Å². The van der Waals surface area contributed by atoms with Crippen LogP contribution in [0.2, 0.25) is 48.4 Å². The first-order valence-electron chi connectivity index (χ1n) is 52.0. The Morgan fingerprint density at radius 2 is 0.504 bits per heavy atom. The molecule has 8 bridgehead atoms. The van der Waals surface area contributed by atoms with Gasteiger partial charge in [-0.2, -0.15) is 0 Å². The van der Waals surface area contributed by atoms with Crippen LogP contribution in [0.4, 0.5) is 0 Å². The summed E-state index contributed by atoms with van der Waals surface area (Å²) in [5.74, 6) is 1.21. The number of unbranched alkanes of at least 4 members (excludes halogenated alkanes) is 7. The van der Waals surface area contributed by atoms with E-state index in [4.69, 9.17) is 58.9 Å². The maximum atomic E-state index is 13.9. The van der Waals surface area contributed by atoms with E-state index < -0.39 is 75.9 Å². The lowest BCUT2D eigenvalue weighted by atomic mass is 9.49. The van der Waals surface area contributed by atoms with E-state index in [0.717, 1.165) is 63.7 Å². The second-order valence-electron chi connectivity index (χ2n) is 49.0. The summed E-state index contributed by atoms with van der Waals surface area (Å²) in [5, 5.41) is 88.9. The number of rotatable bonds is 31. The van der Waals surface area contributed by atoms with Crippen LogP contribution in [-0.4, -0.2) is 108 Å². The zero-order valence-electron chi connectivity index (χ0n) is 78.8. The zero-order valence-corrected chi connectivity index (χ0v) is 86.8. The second kappa shape index (κ2) is 21.8. The third-order valence-electron chi connectivity index (χ3n) is 37.9. The van der Waals surface area contributed by atoms with E-state index in [0.29, 0.717) is 61.8 Å². The molecule has 24 heteroatoms. The minimum atomic E-state index is -4.21. The zero-order chi connectivity index (χ0) is 89.0. The van der Waals surface area contributed by atoms with Crippen LogP contribution in [0.25, 0.3) is 291 Å². The normalized spacial score (nSPS) is 29.7. The quantitative estimate of drug-likeness (QED) is 0.0175. The Labute approximate surface area is 782 Å². The maximum Gasteiger partial charge on any atom is 0.479 e. The third kappa shape index (κ3) is 7.11. The number of ether oxygens (including phenoxy) is 2. The maximum absolute atomic E-state index is 13.9. The number of likely N-dealkylation sites (tertiary alicyclic amines) is 1. The van der Waals surface area contributed by atoms with Gasteiger partial charge in [-0.1, -0.05) is 148 Å². The van der Waals surface area contributed by atoms with Crippen LogP contribution in [0.3, 0.4) is 0 Å². The fraction of sp³-hybridized carbons (Fsp3) is 0.414. The van der Waals surface area contributed by atoms with Crippen molar-refractivity contribution < 1.29 is 63.7 Å². The van der Waals surface area contributed by atoms with Gasteiger partial charge >= 0.3 is 76.4 Å². The van der Waals surface area contributed by atoms with Gasteiger partial charge in [-0.15, -0.1) is 0 Å². The van der Waals surface area contributed by atoms with Gasteiger partial charge in [-0.05, 0) is 399 Å². The molecule has 0 saturated carbocycles. The van der Waals surface area contributed by atoms with Crippen molar-refractivity contribution in [2.75, 3.05) is 26.8 Å². The summed E-state index contributed by atoms with van der Waals surface area (Å²) >= 11 is 0. The largest absolute Gasteiger partial charge is 0.494 e. The first kappa shape index (κ1) is 75.1. The van der Waals surface area contributed by atoms with Crippen molar-refractivity contribution in [3.8, 4) is 5.75 Å². The van der Waals surface area contributed by atoms with Gasteiger partial charge in [0.25, 0.3) is 0 Å². The molecule has 16 nitrogen and oxygen atoms in total. The SMILES string of the molecule is CC(C)C[Si]12O[Si]3(CCCOC(=O)CCCCCCCCCCOc4ccc(C5N(C)CC67c8c9c%10c%11c%12c%13c(c%14c%15c6c6c%16c8c8c%17c9c9c%11c%11c%12c%12c%18c%13c%14c%13c%14c%15c6c6c%15c%16c8c8c%16c%17c9c9c%11c%11c%12c%12c%18c%13c%13c%14c6c6c%15c8c8c%16c9c%11c9c%12c%13c6c89)C%1057)cc4)O[Si]4(CC(C)C)O[Si](CC(C)C)(O1)O[Si]1(CC(C)C)O[Si](CC(C)C)(O2)O[Si](CC(C)C)(O3)O[Si](CC(C)C)(O4)O1. The van der Waals surface area contributed by atoms with E-state index in [2.05, 4.69) is 133 Å². The van der Waals surface area contributed by atoms with Crippen molar-refractivity contribution in [1.29, 1.82) is 0 Å². The summed E-state index contributed by atoms with van der Waals surface area (Å²) in [6.07, 6.45) is 9.13. The topological polar surface area (TPSA) is 150 Å². The van der Waals surface area contributed by atoms with Crippen LogP contribution >= 0.6 is 0 Å². The molecule has 135 heavy (non-hydrogen) atoms. The fourth-order valence-corrected chi connectivity index (χ4v) is 87.9. The average molecular weight is 1910 g/mol. The molecule has 4 aliphatic carbocycles. The van der Waals surface area contributed by atoms with E-state index >= 15 is 0 Å². The molecule has 7 saturated heterocycles. The van der Waals surface area contributed by atoms with Crippen LogP contribution < -0.4 is 4.74 Å². The van der Waals surface area contributed by atoms with Crippen molar-refractivity contribution in [2.24, 2.45) is 41.4 Å². The summed E-state index contributed by atoms with van der Waals surface area (Å²) in [4.78, 5) is 16.9. The van der Waals surface area contributed by atoms with E-state index in [1.54, 1.807) is 313 Å². The number of benzene rings is 18. The highest BCUT2D eigenvalue weighted by Crippen LogP contribution is 2.88. The van der Waals surface area contributed by atoms with Gasteiger partial charge in [-0.25, -0.2) is 0 Å². The number of esters is 1. The molecule has 29 aromatic rings. The molecule has 7 fully saturated rings. The third-order valence-corrected chi connectivity index (χ3v) is 77.9. The van der Waals surface area contributed by atoms with Gasteiger partial charge in [0.05, 0.1) is 24.0 Å². The van der Waals surface area contributed by atoms with Crippen molar-refractivity contribution in [1.82, 2.24) is 4.90 Å². The molecule has 0 aromatic heterocycles. The molecule has 670 valence electrons. The highest BCUT2D eigenvalue weighted by Gasteiger charge is 2.85. The molecule has 7 heterocycles. The molecule has 0 radical (unpaired) electrons. The first-order chi connectivity index (χ1) is 65.2. The van der Waals surface area contributed by atoms with Gasteiger partial charge in [0.15, 0.2) is 0 Å². The van der Waals surface area contributed by atoms with Crippen molar-refractivity contribution >= 4 is 367 Å². The highest BCUT2D eigenvalue weighted by atomic mass is 28.6. The lowest BCUT2D eigenvalue weighted by Crippen LogP contribution is -2.88. The van der Waals surface area contributed by atoms with Gasteiger partial charge in [0, 0.05) is 67.4 Å². The number of hydrogen-bond donors (Lipinski definition) is 0. The summed E-state index contributed by atoms with van der Waals surface area (Å²) in [6.45, 7) is 32.3. The molecule has 7 aliphatic heterocycles. The number of hydrogen-bond acceptors (Lipinski definition) is 16. The van der Waals surface area contributed by atoms with Crippen LogP contribution in [-0.2, 0) is 69.7 Å². The van der Waals surface area contributed by atoms with Crippen molar-refractivity contribution in [2.45, 2.75) is 226 Å². The Morgan fingerprint density at radius 3 is 0.800 bits per heavy atom. The van der Waals surface area contributed by atoms with Crippen LogP contribution in [0.1, 0.15) is 195 Å². The van der Waals surface area contributed by atoms with Crippen LogP contribution in [0.5, 0.6) is 5.75 Å². The van der Waals surface area contributed by atoms with E-state index in [-0.39, 0.29) is 71.5 Å². The number of likely N-dealkylation sites (N-methyl/N-ethyl adjacent to an activating group) is 1. The van der Waals surface area contributed by atoms with E-state index in [1.165, 1.54) is 5.56 Å². The standard InChI is InChI=1S/C111H99NO15Si8/c1-41(2)33-129-116-128(117-130(34-42(3)4)121-132(119-129,36-44(7)8)125-135(39-47(13)14)126-133(120-129,37-45(9)10)122-131(118-128,35-43(5)6)124-134(123-130,127-135)38-46(11)12)32-24-31-115-50(113)25-22-20-18-16-17-19-21-23-30-114-49-28-26-48(27-29-49)109-111-107-100-92-80-72-63-54-52-51-53-57(54)66-73-71-62(53)64-60-55(51)58-59-56(52)61-65(63)78(80)86-84-70(61)68(59)76-75-67(58)69(60)83-85-77(64)79(71)91-93-81(73)82(74(66)72)94(92)103(107)102(93)105-98(91)96(85)99-89(83)87(75)95-88(76)90(84)101(97(86)100)108(111)104(95)106(99)110(105,111)40-112(109)15/h26-29,41-47,109H,16-25,30-40H2,1-15H3. The lowest BCUT2D eigenvalue weighted by molar-refractivity contribution is -0.144. The molecule has 40 rings (SSSR count). The Hall–Kier alpha value is -7.83. The molecular weight excluding hydrogens is 1810 g/mol. The van der Waals surface area contributed by atoms with Gasteiger partial charge < -0.3 is 58.9 Å².